The summed E-state index contributed by atoms with van der Waals surface area (Å²) < 4.78 is 18.0. The van der Waals surface area contributed by atoms with E-state index in [1.54, 1.807) is 6.08 Å². The van der Waals surface area contributed by atoms with Crippen LogP contribution in [0.1, 0.15) is 6.42 Å². The molecule has 0 aliphatic rings. The Morgan fingerprint density at radius 2 is 2.20 bits per heavy atom. The van der Waals surface area contributed by atoms with Gasteiger partial charge in [-0.05, 0) is 24.6 Å². The molecule has 15 heavy (non-hydrogen) atoms. The molecule has 0 aliphatic carbocycles. The summed E-state index contributed by atoms with van der Waals surface area (Å²) in [6.45, 7) is 3.89. The molecule has 0 heterocycles. The van der Waals surface area contributed by atoms with Crippen molar-refractivity contribution in [2.45, 2.75) is 6.42 Å². The van der Waals surface area contributed by atoms with Gasteiger partial charge in [0.1, 0.15) is 11.6 Å². The van der Waals surface area contributed by atoms with Crippen molar-refractivity contribution >= 4 is 12.6 Å². The summed E-state index contributed by atoms with van der Waals surface area (Å²) >= 11 is 0. The molecule has 0 fully saturated rings. The summed E-state index contributed by atoms with van der Waals surface area (Å²) in [5.41, 5.74) is 0.0269. The smallest absolute Gasteiger partial charge is 0.492 e. The van der Waals surface area contributed by atoms with Gasteiger partial charge in [0.2, 0.25) is 0 Å². The van der Waals surface area contributed by atoms with Gasteiger partial charge < -0.3 is 14.8 Å². The maximum atomic E-state index is 12.8. The third-order valence-corrected chi connectivity index (χ3v) is 1.83. The molecule has 0 aliphatic heterocycles. The number of hydrogen-bond acceptors (Lipinski definition) is 3. The standard InChI is InChI=1S/C10H12BFO3/c1-2-3-6-15-10-5-4-8(12)7-9(10)11(13)14/h2,4-5,7,13-14H,1,3,6H2. The van der Waals surface area contributed by atoms with Gasteiger partial charge in [-0.1, -0.05) is 6.08 Å². The predicted octanol–water partition coefficient (Wildman–Crippen LogP) is 0.460. The molecule has 0 amide bonds. The molecule has 1 rings (SSSR count). The maximum absolute atomic E-state index is 12.8. The third-order valence-electron chi connectivity index (χ3n) is 1.83. The summed E-state index contributed by atoms with van der Waals surface area (Å²) in [5.74, 6) is -0.262. The van der Waals surface area contributed by atoms with Crippen molar-refractivity contribution in [2.75, 3.05) is 6.61 Å². The lowest BCUT2D eigenvalue weighted by atomic mass is 9.79. The minimum atomic E-state index is -1.74. The van der Waals surface area contributed by atoms with Gasteiger partial charge in [-0.2, -0.15) is 0 Å². The molecule has 0 saturated heterocycles. The SMILES string of the molecule is C=CCCOc1ccc(F)cc1B(O)O. The van der Waals surface area contributed by atoms with Gasteiger partial charge >= 0.3 is 7.12 Å². The first kappa shape index (κ1) is 11.7. The maximum Gasteiger partial charge on any atom is 0.492 e. The molecule has 0 spiro atoms. The minimum Gasteiger partial charge on any atom is -0.494 e. The number of hydrogen-bond donors (Lipinski definition) is 2. The van der Waals surface area contributed by atoms with Crippen LogP contribution in [0, 0.1) is 5.82 Å². The fourth-order valence-electron chi connectivity index (χ4n) is 1.10. The van der Waals surface area contributed by atoms with Crippen molar-refractivity contribution in [3.63, 3.8) is 0 Å². The van der Waals surface area contributed by atoms with E-state index in [9.17, 15) is 4.39 Å². The second kappa shape index (κ2) is 5.53. The molecule has 0 atom stereocenters. The zero-order valence-electron chi connectivity index (χ0n) is 8.19. The van der Waals surface area contributed by atoms with E-state index in [0.717, 1.165) is 6.07 Å². The highest BCUT2D eigenvalue weighted by molar-refractivity contribution is 6.59. The van der Waals surface area contributed by atoms with Crippen LogP contribution >= 0.6 is 0 Å². The van der Waals surface area contributed by atoms with Crippen LogP contribution in [0.15, 0.2) is 30.9 Å². The molecule has 1 aromatic carbocycles. The van der Waals surface area contributed by atoms with Crippen LogP contribution in [0.5, 0.6) is 5.75 Å². The van der Waals surface area contributed by atoms with Crippen LogP contribution in [0.25, 0.3) is 0 Å². The molecule has 0 bridgehead atoms. The van der Waals surface area contributed by atoms with Crippen LogP contribution in [0.2, 0.25) is 0 Å². The molecule has 2 N–H and O–H groups in total. The Balaban J connectivity index is 2.81. The van der Waals surface area contributed by atoms with Gasteiger partial charge in [0.15, 0.2) is 0 Å². The van der Waals surface area contributed by atoms with Crippen LogP contribution in [0.3, 0.4) is 0 Å². The average Bonchev–Trinajstić information content (AvgIpc) is 2.20. The van der Waals surface area contributed by atoms with E-state index in [-0.39, 0.29) is 11.2 Å². The van der Waals surface area contributed by atoms with Crippen LogP contribution in [-0.2, 0) is 0 Å². The first-order chi connectivity index (χ1) is 7.15. The zero-order chi connectivity index (χ0) is 11.3. The van der Waals surface area contributed by atoms with E-state index in [1.165, 1.54) is 12.1 Å². The van der Waals surface area contributed by atoms with E-state index in [1.807, 2.05) is 0 Å². The average molecular weight is 210 g/mol. The number of benzene rings is 1. The summed E-state index contributed by atoms with van der Waals surface area (Å²) in [6, 6.07) is 3.61. The zero-order valence-corrected chi connectivity index (χ0v) is 8.19. The molecule has 3 nitrogen and oxygen atoms in total. The first-order valence-electron chi connectivity index (χ1n) is 4.54. The van der Waals surface area contributed by atoms with E-state index >= 15 is 0 Å². The van der Waals surface area contributed by atoms with Crippen molar-refractivity contribution in [3.05, 3.63) is 36.7 Å². The highest BCUT2D eigenvalue weighted by atomic mass is 19.1. The van der Waals surface area contributed by atoms with Crippen molar-refractivity contribution < 1.29 is 19.2 Å². The Labute approximate surface area is 88.0 Å². The Morgan fingerprint density at radius 1 is 1.47 bits per heavy atom. The Hall–Kier alpha value is -1.33. The van der Waals surface area contributed by atoms with E-state index in [2.05, 4.69) is 6.58 Å². The first-order valence-corrected chi connectivity index (χ1v) is 4.54. The molecule has 80 valence electrons. The number of halogens is 1. The molecule has 5 heteroatoms. The highest BCUT2D eigenvalue weighted by Crippen LogP contribution is 2.10. The van der Waals surface area contributed by atoms with Crippen LogP contribution in [-0.4, -0.2) is 23.8 Å². The number of ether oxygens (including phenoxy) is 1. The van der Waals surface area contributed by atoms with E-state index < -0.39 is 12.9 Å². The van der Waals surface area contributed by atoms with Crippen LogP contribution in [0.4, 0.5) is 4.39 Å². The number of rotatable bonds is 5. The second-order valence-corrected chi connectivity index (χ2v) is 2.98. The Kier molecular flexibility index (Phi) is 4.33. The normalized spacial score (nSPS) is 9.80. The van der Waals surface area contributed by atoms with Crippen molar-refractivity contribution in [1.82, 2.24) is 0 Å². The second-order valence-electron chi connectivity index (χ2n) is 2.98. The minimum absolute atomic E-state index is 0.0269. The van der Waals surface area contributed by atoms with Crippen molar-refractivity contribution in [1.29, 1.82) is 0 Å². The lowest BCUT2D eigenvalue weighted by molar-refractivity contribution is 0.324. The summed E-state index contributed by atoms with van der Waals surface area (Å²) in [6.07, 6.45) is 2.32. The molecule has 0 aromatic heterocycles. The summed E-state index contributed by atoms with van der Waals surface area (Å²) in [7, 11) is -1.74. The fraction of sp³-hybridized carbons (Fsp3) is 0.200. The van der Waals surface area contributed by atoms with Gasteiger partial charge in [0.25, 0.3) is 0 Å². The molecule has 0 radical (unpaired) electrons. The molecular weight excluding hydrogens is 198 g/mol. The quantitative estimate of drug-likeness (QED) is 0.421. The highest BCUT2D eigenvalue weighted by Gasteiger charge is 2.17. The molecule has 1 aromatic rings. The van der Waals surface area contributed by atoms with Gasteiger partial charge in [-0.3, -0.25) is 0 Å². The lowest BCUT2D eigenvalue weighted by Gasteiger charge is -2.10. The van der Waals surface area contributed by atoms with Gasteiger partial charge in [0.05, 0.1) is 6.61 Å². The summed E-state index contributed by atoms with van der Waals surface area (Å²) in [5, 5.41) is 17.9. The molecular formula is C10H12BFO3. The van der Waals surface area contributed by atoms with E-state index in [4.69, 9.17) is 14.8 Å². The monoisotopic (exact) mass is 210 g/mol. The van der Waals surface area contributed by atoms with Gasteiger partial charge in [-0.15, -0.1) is 6.58 Å². The lowest BCUT2D eigenvalue weighted by Crippen LogP contribution is -2.31. The van der Waals surface area contributed by atoms with Crippen molar-refractivity contribution in [2.24, 2.45) is 0 Å². The Bertz CT molecular complexity index is 341. The van der Waals surface area contributed by atoms with Crippen molar-refractivity contribution in [3.8, 4) is 5.75 Å². The fourth-order valence-corrected chi connectivity index (χ4v) is 1.10. The van der Waals surface area contributed by atoms with Crippen LogP contribution < -0.4 is 10.2 Å². The largest absolute Gasteiger partial charge is 0.494 e. The third kappa shape index (κ3) is 3.38. The Morgan fingerprint density at radius 3 is 2.80 bits per heavy atom. The van der Waals surface area contributed by atoms with Gasteiger partial charge in [-0.25, -0.2) is 4.39 Å². The van der Waals surface area contributed by atoms with Gasteiger partial charge in [0, 0.05) is 5.46 Å². The molecule has 0 saturated carbocycles. The predicted molar refractivity (Wildman–Crippen MR) is 56.5 cm³/mol. The molecule has 0 unspecified atom stereocenters. The van der Waals surface area contributed by atoms with E-state index in [0.29, 0.717) is 13.0 Å². The summed E-state index contributed by atoms with van der Waals surface area (Å²) in [4.78, 5) is 0. The topological polar surface area (TPSA) is 49.7 Å².